The highest BCUT2D eigenvalue weighted by atomic mass is 35.5. The predicted molar refractivity (Wildman–Crippen MR) is 57.4 cm³/mol. The Kier molecular flexibility index (Phi) is 3.01. The smallest absolute Gasteiger partial charge is 0.223 e. The summed E-state index contributed by atoms with van der Waals surface area (Å²) in [6.07, 6.45) is 6.97. The van der Waals surface area contributed by atoms with Gasteiger partial charge in [0, 0.05) is 23.8 Å². The molecule has 0 unspecified atom stereocenters. The summed E-state index contributed by atoms with van der Waals surface area (Å²) >= 11 is 5.85. The number of halogens is 1. The van der Waals surface area contributed by atoms with Gasteiger partial charge in [0.25, 0.3) is 0 Å². The molecule has 2 aliphatic rings. The van der Waals surface area contributed by atoms with Crippen LogP contribution >= 0.6 is 11.6 Å². The fraction of sp³-hybridized carbons (Fsp3) is 0.909. The van der Waals surface area contributed by atoms with Crippen molar-refractivity contribution in [3.05, 3.63) is 0 Å². The van der Waals surface area contributed by atoms with Crippen molar-refractivity contribution in [2.45, 2.75) is 38.5 Å². The zero-order valence-corrected chi connectivity index (χ0v) is 9.28. The van der Waals surface area contributed by atoms with E-state index in [4.69, 9.17) is 11.6 Å². The van der Waals surface area contributed by atoms with Gasteiger partial charge < -0.3 is 5.32 Å². The first kappa shape index (κ1) is 10.3. The Bertz CT molecular complexity index is 219. The molecule has 0 aliphatic heterocycles. The maximum Gasteiger partial charge on any atom is 0.223 e. The summed E-state index contributed by atoms with van der Waals surface area (Å²) in [4.78, 5) is 11.7. The average molecular weight is 216 g/mol. The Balaban J connectivity index is 1.72. The first-order chi connectivity index (χ1) is 6.76. The Hall–Kier alpha value is -0.240. The number of alkyl halides is 1. The fourth-order valence-electron chi connectivity index (χ4n) is 2.14. The van der Waals surface area contributed by atoms with Crippen molar-refractivity contribution in [1.29, 1.82) is 0 Å². The molecule has 80 valence electrons. The van der Waals surface area contributed by atoms with Gasteiger partial charge in [-0.3, -0.25) is 4.79 Å². The van der Waals surface area contributed by atoms with E-state index in [1.165, 1.54) is 25.7 Å². The number of rotatable bonds is 4. The van der Waals surface area contributed by atoms with Gasteiger partial charge in [-0.05, 0) is 25.7 Å². The summed E-state index contributed by atoms with van der Waals surface area (Å²) in [6, 6.07) is 0. The van der Waals surface area contributed by atoms with Gasteiger partial charge in [0.05, 0.1) is 0 Å². The quantitative estimate of drug-likeness (QED) is 0.717. The molecule has 0 aromatic carbocycles. The number of carbonyl (C=O) groups excluding carboxylic acids is 1. The first-order valence-corrected chi connectivity index (χ1v) is 6.13. The number of hydrogen-bond acceptors (Lipinski definition) is 1. The minimum absolute atomic E-state index is 0.260. The van der Waals surface area contributed by atoms with Crippen molar-refractivity contribution >= 4 is 17.5 Å². The van der Waals surface area contributed by atoms with E-state index in [9.17, 15) is 4.79 Å². The van der Waals surface area contributed by atoms with Crippen molar-refractivity contribution in [3.63, 3.8) is 0 Å². The zero-order chi connectivity index (χ0) is 10.0. The number of hydrogen-bond donors (Lipinski definition) is 1. The van der Waals surface area contributed by atoms with Crippen LogP contribution in [0.4, 0.5) is 0 Å². The lowest BCUT2D eigenvalue weighted by atomic mass is 10.1. The highest BCUT2D eigenvalue weighted by Gasteiger charge is 2.42. The lowest BCUT2D eigenvalue weighted by molar-refractivity contribution is -0.125. The Morgan fingerprint density at radius 1 is 1.36 bits per heavy atom. The normalized spacial score (nSPS) is 24.9. The molecule has 0 heterocycles. The molecule has 1 amide bonds. The van der Waals surface area contributed by atoms with Crippen LogP contribution in [0.25, 0.3) is 0 Å². The van der Waals surface area contributed by atoms with E-state index >= 15 is 0 Å². The summed E-state index contributed by atoms with van der Waals surface area (Å²) < 4.78 is 0. The van der Waals surface area contributed by atoms with E-state index in [1.54, 1.807) is 0 Å². The Morgan fingerprint density at radius 3 is 2.50 bits per heavy atom. The maximum atomic E-state index is 11.7. The summed E-state index contributed by atoms with van der Waals surface area (Å²) in [5.41, 5.74) is 0.260. The second-order valence-corrected chi connectivity index (χ2v) is 5.10. The predicted octanol–water partition coefficient (Wildman–Crippen LogP) is 2.31. The van der Waals surface area contributed by atoms with Gasteiger partial charge in [-0.15, -0.1) is 11.6 Å². The maximum absolute atomic E-state index is 11.7. The Morgan fingerprint density at radius 2 is 2.00 bits per heavy atom. The van der Waals surface area contributed by atoms with Crippen molar-refractivity contribution < 1.29 is 4.79 Å². The lowest BCUT2D eigenvalue weighted by Gasteiger charge is -2.15. The van der Waals surface area contributed by atoms with Gasteiger partial charge in [0.1, 0.15) is 0 Å². The molecule has 2 fully saturated rings. The first-order valence-electron chi connectivity index (χ1n) is 5.59. The highest BCUT2D eigenvalue weighted by molar-refractivity contribution is 6.18. The third kappa shape index (κ3) is 2.22. The minimum Gasteiger partial charge on any atom is -0.355 e. The molecule has 0 aromatic heterocycles. The van der Waals surface area contributed by atoms with E-state index in [1.807, 2.05) is 0 Å². The molecule has 0 aromatic rings. The molecule has 3 heteroatoms. The number of amides is 1. The van der Waals surface area contributed by atoms with E-state index < -0.39 is 0 Å². The molecule has 0 radical (unpaired) electrons. The summed E-state index contributed by atoms with van der Waals surface area (Å²) in [5, 5.41) is 3.05. The fourth-order valence-corrected chi connectivity index (χ4v) is 2.50. The van der Waals surface area contributed by atoms with Gasteiger partial charge in [0.15, 0.2) is 0 Å². The molecule has 0 saturated heterocycles. The topological polar surface area (TPSA) is 29.1 Å². The van der Waals surface area contributed by atoms with Crippen LogP contribution in [0.2, 0.25) is 0 Å². The number of nitrogens with one attached hydrogen (secondary N) is 1. The van der Waals surface area contributed by atoms with Crippen LogP contribution in [0.5, 0.6) is 0 Å². The van der Waals surface area contributed by atoms with Crippen LogP contribution in [-0.4, -0.2) is 18.3 Å². The summed E-state index contributed by atoms with van der Waals surface area (Å²) in [5.74, 6) is 1.25. The van der Waals surface area contributed by atoms with Crippen molar-refractivity contribution in [2.24, 2.45) is 11.3 Å². The van der Waals surface area contributed by atoms with E-state index in [-0.39, 0.29) is 11.3 Å². The molecule has 0 spiro atoms. The molecule has 0 atom stereocenters. The third-order valence-corrected chi connectivity index (χ3v) is 4.17. The zero-order valence-electron chi connectivity index (χ0n) is 8.52. The van der Waals surface area contributed by atoms with Crippen LogP contribution in [0, 0.1) is 11.3 Å². The van der Waals surface area contributed by atoms with E-state index in [2.05, 4.69) is 5.32 Å². The van der Waals surface area contributed by atoms with Gasteiger partial charge in [-0.25, -0.2) is 0 Å². The lowest BCUT2D eigenvalue weighted by Crippen LogP contribution is -2.34. The molecular formula is C11H18ClNO. The van der Waals surface area contributed by atoms with E-state index in [0.29, 0.717) is 11.8 Å². The molecule has 2 rings (SSSR count). The molecular weight excluding hydrogens is 198 g/mol. The van der Waals surface area contributed by atoms with Gasteiger partial charge >= 0.3 is 0 Å². The van der Waals surface area contributed by atoms with Crippen molar-refractivity contribution in [3.8, 4) is 0 Å². The van der Waals surface area contributed by atoms with Crippen LogP contribution < -0.4 is 5.32 Å². The summed E-state index contributed by atoms with van der Waals surface area (Å²) in [7, 11) is 0. The molecule has 2 nitrogen and oxygen atoms in total. The van der Waals surface area contributed by atoms with Crippen LogP contribution in [0.3, 0.4) is 0 Å². The molecule has 2 saturated carbocycles. The van der Waals surface area contributed by atoms with Gasteiger partial charge in [0.2, 0.25) is 5.91 Å². The van der Waals surface area contributed by atoms with Crippen LogP contribution in [0.15, 0.2) is 0 Å². The SMILES string of the molecule is O=C(NCC1(CCl)CC1)C1CCCC1. The van der Waals surface area contributed by atoms with Crippen molar-refractivity contribution in [2.75, 3.05) is 12.4 Å². The van der Waals surface area contributed by atoms with Crippen molar-refractivity contribution in [1.82, 2.24) is 5.32 Å². The van der Waals surface area contributed by atoms with Crippen LogP contribution in [-0.2, 0) is 4.79 Å². The molecule has 0 bridgehead atoms. The minimum atomic E-state index is 0.260. The van der Waals surface area contributed by atoms with Crippen LogP contribution in [0.1, 0.15) is 38.5 Å². The number of carbonyl (C=O) groups is 1. The second kappa shape index (κ2) is 4.09. The monoisotopic (exact) mass is 215 g/mol. The molecule has 14 heavy (non-hydrogen) atoms. The van der Waals surface area contributed by atoms with E-state index in [0.717, 1.165) is 19.4 Å². The largest absolute Gasteiger partial charge is 0.355 e. The third-order valence-electron chi connectivity index (χ3n) is 3.60. The second-order valence-electron chi connectivity index (χ2n) is 4.83. The highest BCUT2D eigenvalue weighted by Crippen LogP contribution is 2.45. The Labute approximate surface area is 90.4 Å². The average Bonchev–Trinajstić information content (AvgIpc) is 2.78. The summed E-state index contributed by atoms with van der Waals surface area (Å²) in [6.45, 7) is 0.797. The molecule has 2 aliphatic carbocycles. The molecule has 1 N–H and O–H groups in total. The van der Waals surface area contributed by atoms with Gasteiger partial charge in [-0.1, -0.05) is 12.8 Å². The standard InChI is InChI=1S/C11H18ClNO/c12-7-11(5-6-11)8-13-10(14)9-3-1-2-4-9/h9H,1-8H2,(H,13,14). The van der Waals surface area contributed by atoms with Gasteiger partial charge in [-0.2, -0.15) is 0 Å².